The van der Waals surface area contributed by atoms with Crippen molar-refractivity contribution in [3.8, 4) is 17.0 Å². The van der Waals surface area contributed by atoms with Crippen LogP contribution >= 0.6 is 11.8 Å². The monoisotopic (exact) mass is 305 g/mol. The maximum Gasteiger partial charge on any atom is 0.263 e. The summed E-state index contributed by atoms with van der Waals surface area (Å²) >= 11 is 1.15. The van der Waals surface area contributed by atoms with Crippen LogP contribution < -0.4 is 10.1 Å². The van der Waals surface area contributed by atoms with Gasteiger partial charge >= 0.3 is 0 Å². The Morgan fingerprint density at radius 2 is 2.05 bits per heavy atom. The summed E-state index contributed by atoms with van der Waals surface area (Å²) in [6, 6.07) is 7.16. The first kappa shape index (κ1) is 15.1. The van der Waals surface area contributed by atoms with Crippen LogP contribution in [0.4, 0.5) is 0 Å². The average molecular weight is 305 g/mol. The molecule has 0 spiro atoms. The molecule has 1 heterocycles. The maximum atomic E-state index is 12.2. The second-order valence-electron chi connectivity index (χ2n) is 4.18. The number of nitrogens with one attached hydrogen (secondary N) is 2. The number of nitrogens with zero attached hydrogens (tertiary/aromatic N) is 1. The van der Waals surface area contributed by atoms with Gasteiger partial charge in [-0.2, -0.15) is 0 Å². The normalized spacial score (nSPS) is 10.2. The minimum Gasteiger partial charge on any atom is -0.497 e. The number of aromatic nitrogens is 1. The molecule has 2 aromatic rings. The van der Waals surface area contributed by atoms with E-state index in [1.807, 2.05) is 0 Å². The van der Waals surface area contributed by atoms with Gasteiger partial charge in [0.25, 0.3) is 5.91 Å². The molecule has 2 N–H and O–H groups in total. The van der Waals surface area contributed by atoms with Crippen LogP contribution in [0.5, 0.6) is 5.75 Å². The molecule has 0 saturated carbocycles. The van der Waals surface area contributed by atoms with Crippen LogP contribution in [0.2, 0.25) is 0 Å². The second-order valence-corrected chi connectivity index (χ2v) is 4.99. The van der Waals surface area contributed by atoms with Crippen molar-refractivity contribution in [1.29, 1.82) is 5.41 Å². The van der Waals surface area contributed by atoms with E-state index in [0.717, 1.165) is 17.3 Å². The van der Waals surface area contributed by atoms with Crippen LogP contribution in [0.3, 0.4) is 0 Å². The molecule has 7 heteroatoms. The number of ether oxygens (including phenoxy) is 1. The highest BCUT2D eigenvalue weighted by atomic mass is 32.2. The van der Waals surface area contributed by atoms with Gasteiger partial charge in [-0.05, 0) is 37.4 Å². The lowest BCUT2D eigenvalue weighted by molar-refractivity contribution is 0.0977. The zero-order valence-electron chi connectivity index (χ0n) is 11.9. The van der Waals surface area contributed by atoms with Crippen molar-refractivity contribution in [2.45, 2.75) is 6.92 Å². The van der Waals surface area contributed by atoms with Crippen molar-refractivity contribution in [2.75, 3.05) is 13.4 Å². The Balaban J connectivity index is 2.36. The van der Waals surface area contributed by atoms with Gasteiger partial charge in [-0.25, -0.2) is 0 Å². The second kappa shape index (κ2) is 6.45. The molecule has 1 amide bonds. The molecule has 1 aromatic heterocycles. The van der Waals surface area contributed by atoms with Crippen molar-refractivity contribution in [3.63, 3.8) is 0 Å². The summed E-state index contributed by atoms with van der Waals surface area (Å²) in [6.45, 7) is 1.66. The quantitative estimate of drug-likeness (QED) is 0.672. The number of thioether (sulfide) groups is 1. The topological polar surface area (TPSA) is 88.2 Å². The third-order valence-corrected chi connectivity index (χ3v) is 3.39. The summed E-state index contributed by atoms with van der Waals surface area (Å²) < 4.78 is 10.2. The van der Waals surface area contributed by atoms with Gasteiger partial charge in [-0.3, -0.25) is 10.2 Å². The fourth-order valence-electron chi connectivity index (χ4n) is 1.80. The van der Waals surface area contributed by atoms with Crippen molar-refractivity contribution in [1.82, 2.24) is 10.5 Å². The third-order valence-electron chi connectivity index (χ3n) is 2.88. The van der Waals surface area contributed by atoms with Crippen LogP contribution in [0.15, 0.2) is 28.8 Å². The van der Waals surface area contributed by atoms with Gasteiger partial charge in [-0.1, -0.05) is 16.9 Å². The zero-order valence-corrected chi connectivity index (χ0v) is 12.7. The molecule has 21 heavy (non-hydrogen) atoms. The Kier molecular flexibility index (Phi) is 4.64. The lowest BCUT2D eigenvalue weighted by Gasteiger charge is -2.05. The van der Waals surface area contributed by atoms with E-state index in [2.05, 4.69) is 10.5 Å². The summed E-state index contributed by atoms with van der Waals surface area (Å²) in [7, 11) is 1.59. The Morgan fingerprint density at radius 1 is 1.38 bits per heavy atom. The first-order valence-corrected chi connectivity index (χ1v) is 7.34. The van der Waals surface area contributed by atoms with Gasteiger partial charge in [0, 0.05) is 5.56 Å². The number of carbonyl (C=O) groups is 1. The van der Waals surface area contributed by atoms with E-state index in [1.165, 1.54) is 0 Å². The van der Waals surface area contributed by atoms with Crippen LogP contribution in [0, 0.1) is 12.3 Å². The van der Waals surface area contributed by atoms with Gasteiger partial charge in [0.15, 0.2) is 5.17 Å². The lowest BCUT2D eigenvalue weighted by Crippen LogP contribution is -2.28. The number of hydrogen-bond acceptors (Lipinski definition) is 6. The van der Waals surface area contributed by atoms with Crippen LogP contribution in [-0.4, -0.2) is 29.6 Å². The van der Waals surface area contributed by atoms with Crippen molar-refractivity contribution < 1.29 is 14.1 Å². The van der Waals surface area contributed by atoms with Gasteiger partial charge in [0.1, 0.15) is 22.8 Å². The summed E-state index contributed by atoms with van der Waals surface area (Å²) in [6.07, 6.45) is 1.72. The van der Waals surface area contributed by atoms with E-state index in [0.29, 0.717) is 22.8 Å². The van der Waals surface area contributed by atoms with E-state index < -0.39 is 5.91 Å². The van der Waals surface area contributed by atoms with Crippen LogP contribution in [0.1, 0.15) is 16.1 Å². The molecule has 2 rings (SSSR count). The third kappa shape index (κ3) is 3.25. The van der Waals surface area contributed by atoms with Gasteiger partial charge in [0.2, 0.25) is 0 Å². The number of hydrogen-bond donors (Lipinski definition) is 2. The number of methoxy groups -OCH3 is 1. The van der Waals surface area contributed by atoms with Crippen LogP contribution in [0.25, 0.3) is 11.3 Å². The predicted molar refractivity (Wildman–Crippen MR) is 81.9 cm³/mol. The predicted octanol–water partition coefficient (Wildman–Crippen LogP) is 2.69. The summed E-state index contributed by atoms with van der Waals surface area (Å²) in [5, 5.41) is 14.0. The number of amidine groups is 1. The molecule has 0 unspecified atom stereocenters. The number of aryl methyl sites for hydroxylation is 1. The molecule has 0 aliphatic rings. The van der Waals surface area contributed by atoms with Gasteiger partial charge in [0.05, 0.1) is 7.11 Å². The zero-order chi connectivity index (χ0) is 15.4. The number of benzene rings is 1. The maximum absolute atomic E-state index is 12.2. The van der Waals surface area contributed by atoms with E-state index in [4.69, 9.17) is 14.7 Å². The largest absolute Gasteiger partial charge is 0.497 e. The highest BCUT2D eigenvalue weighted by Gasteiger charge is 2.22. The lowest BCUT2D eigenvalue weighted by atomic mass is 10.1. The molecule has 1 aromatic carbocycles. The Labute approximate surface area is 126 Å². The van der Waals surface area contributed by atoms with E-state index in [-0.39, 0.29) is 5.17 Å². The average Bonchev–Trinajstić information content (AvgIpc) is 2.89. The van der Waals surface area contributed by atoms with Crippen molar-refractivity contribution >= 4 is 22.8 Å². The molecule has 6 nitrogen and oxygen atoms in total. The standard InChI is InChI=1S/C14H15N3O3S/c1-8-11(13(18)16-14(15)21-3)12(17-20-8)9-4-6-10(19-2)7-5-9/h4-7H,1-3H3,(H2,15,16,18). The number of amides is 1. The molecule has 0 saturated heterocycles. The molecule has 0 fully saturated rings. The minimum atomic E-state index is -0.404. The molecular weight excluding hydrogens is 290 g/mol. The first-order valence-electron chi connectivity index (χ1n) is 6.11. The Morgan fingerprint density at radius 3 is 2.62 bits per heavy atom. The SMILES string of the molecule is COc1ccc(-c2noc(C)c2C(=O)NC(=N)SC)cc1. The molecule has 0 bridgehead atoms. The molecular formula is C14H15N3O3S. The van der Waals surface area contributed by atoms with Gasteiger partial charge in [-0.15, -0.1) is 0 Å². The summed E-state index contributed by atoms with van der Waals surface area (Å²) in [4.78, 5) is 12.2. The highest BCUT2D eigenvalue weighted by molar-refractivity contribution is 8.13. The molecule has 110 valence electrons. The summed E-state index contributed by atoms with van der Waals surface area (Å²) in [5.74, 6) is 0.722. The fourth-order valence-corrected chi connectivity index (χ4v) is 2.00. The fraction of sp³-hybridized carbons (Fsp3) is 0.214. The smallest absolute Gasteiger partial charge is 0.263 e. The Bertz CT molecular complexity index is 665. The van der Waals surface area contributed by atoms with Crippen LogP contribution in [-0.2, 0) is 0 Å². The van der Waals surface area contributed by atoms with Gasteiger partial charge < -0.3 is 14.6 Å². The molecule has 0 atom stereocenters. The first-order chi connectivity index (χ1) is 10.1. The van der Waals surface area contributed by atoms with E-state index >= 15 is 0 Å². The van der Waals surface area contributed by atoms with E-state index in [9.17, 15) is 4.79 Å². The highest BCUT2D eigenvalue weighted by Crippen LogP contribution is 2.26. The van der Waals surface area contributed by atoms with Crippen molar-refractivity contribution in [2.24, 2.45) is 0 Å². The Hall–Kier alpha value is -2.28. The molecule has 0 aliphatic carbocycles. The van der Waals surface area contributed by atoms with E-state index in [1.54, 1.807) is 44.6 Å². The number of carbonyl (C=O) groups excluding carboxylic acids is 1. The summed E-state index contributed by atoms with van der Waals surface area (Å²) in [5.41, 5.74) is 1.52. The molecule has 0 radical (unpaired) electrons. The minimum absolute atomic E-state index is 0.0706. The molecule has 0 aliphatic heterocycles. The number of rotatable bonds is 3. The van der Waals surface area contributed by atoms with Crippen molar-refractivity contribution in [3.05, 3.63) is 35.6 Å².